The topological polar surface area (TPSA) is 73.2 Å². The zero-order valence-electron chi connectivity index (χ0n) is 14.4. The molecule has 0 fully saturated rings. The van der Waals surface area contributed by atoms with Gasteiger partial charge in [-0.1, -0.05) is 6.92 Å². The summed E-state index contributed by atoms with van der Waals surface area (Å²) in [4.78, 5) is 24.1. The number of aromatic nitrogens is 2. The third-order valence-electron chi connectivity index (χ3n) is 3.71. The van der Waals surface area contributed by atoms with Crippen LogP contribution in [0.5, 0.6) is 0 Å². The van der Waals surface area contributed by atoms with Gasteiger partial charge >= 0.3 is 5.97 Å². The van der Waals surface area contributed by atoms with Crippen LogP contribution in [0.4, 0.5) is 5.69 Å². The summed E-state index contributed by atoms with van der Waals surface area (Å²) in [5.74, 6) is -0.586. The van der Waals surface area contributed by atoms with Crippen LogP contribution in [0.15, 0.2) is 67.0 Å². The van der Waals surface area contributed by atoms with E-state index >= 15 is 0 Å². The van der Waals surface area contributed by atoms with Crippen molar-refractivity contribution in [2.24, 2.45) is 0 Å². The molecule has 1 N–H and O–H groups in total. The molecule has 3 aromatic rings. The summed E-state index contributed by atoms with van der Waals surface area (Å²) in [5.41, 5.74) is 2.48. The van der Waals surface area contributed by atoms with Crippen molar-refractivity contribution in [3.8, 4) is 5.69 Å². The molecule has 0 aliphatic heterocycles. The van der Waals surface area contributed by atoms with Crippen molar-refractivity contribution < 1.29 is 14.3 Å². The zero-order chi connectivity index (χ0) is 18.4. The first kappa shape index (κ1) is 17.4. The fourth-order valence-corrected chi connectivity index (χ4v) is 2.36. The number of carbonyl (C=O) groups excluding carboxylic acids is 2. The molecule has 0 radical (unpaired) electrons. The Morgan fingerprint density at radius 2 is 1.73 bits per heavy atom. The maximum absolute atomic E-state index is 12.3. The molecular formula is C20H19N3O3. The lowest BCUT2D eigenvalue weighted by molar-refractivity contribution is 0.0505. The molecule has 0 atom stereocenters. The molecule has 6 heteroatoms. The van der Waals surface area contributed by atoms with E-state index in [1.807, 2.05) is 31.3 Å². The normalized spacial score (nSPS) is 10.3. The first-order valence-electron chi connectivity index (χ1n) is 8.36. The van der Waals surface area contributed by atoms with E-state index < -0.39 is 0 Å². The van der Waals surface area contributed by atoms with Gasteiger partial charge < -0.3 is 10.1 Å². The molecule has 0 aliphatic rings. The smallest absolute Gasteiger partial charge is 0.338 e. The van der Waals surface area contributed by atoms with Gasteiger partial charge in [0.1, 0.15) is 0 Å². The fraction of sp³-hybridized carbons (Fsp3) is 0.150. The van der Waals surface area contributed by atoms with E-state index in [-0.39, 0.29) is 11.9 Å². The van der Waals surface area contributed by atoms with Crippen molar-refractivity contribution in [3.05, 3.63) is 78.1 Å². The second-order valence-electron chi connectivity index (χ2n) is 5.66. The van der Waals surface area contributed by atoms with Crippen LogP contribution in [0, 0.1) is 0 Å². The van der Waals surface area contributed by atoms with Crippen LogP contribution in [0.2, 0.25) is 0 Å². The van der Waals surface area contributed by atoms with Gasteiger partial charge in [-0.2, -0.15) is 5.10 Å². The predicted molar refractivity (Wildman–Crippen MR) is 98.5 cm³/mol. The number of hydrogen-bond acceptors (Lipinski definition) is 4. The number of nitrogens with zero attached hydrogens (tertiary/aromatic N) is 2. The Hall–Kier alpha value is -3.41. The Kier molecular flexibility index (Phi) is 5.43. The van der Waals surface area contributed by atoms with Crippen LogP contribution in [0.3, 0.4) is 0 Å². The molecule has 0 aliphatic carbocycles. The molecule has 1 amide bonds. The summed E-state index contributed by atoms with van der Waals surface area (Å²) in [5, 5.41) is 6.96. The predicted octanol–water partition coefficient (Wildman–Crippen LogP) is 3.69. The van der Waals surface area contributed by atoms with Crippen LogP contribution < -0.4 is 5.32 Å². The molecule has 1 heterocycles. The van der Waals surface area contributed by atoms with Crippen molar-refractivity contribution in [2.45, 2.75) is 13.3 Å². The summed E-state index contributed by atoms with van der Waals surface area (Å²) < 4.78 is 6.80. The molecule has 2 aromatic carbocycles. The monoisotopic (exact) mass is 349 g/mol. The summed E-state index contributed by atoms with van der Waals surface area (Å²) in [6, 6.07) is 15.6. The first-order chi connectivity index (χ1) is 12.7. The minimum Gasteiger partial charge on any atom is -0.462 e. The van der Waals surface area contributed by atoms with Crippen LogP contribution in [0.25, 0.3) is 5.69 Å². The van der Waals surface area contributed by atoms with Crippen molar-refractivity contribution in [1.82, 2.24) is 9.78 Å². The highest BCUT2D eigenvalue weighted by molar-refractivity contribution is 6.04. The molecule has 0 saturated heterocycles. The average molecular weight is 349 g/mol. The Morgan fingerprint density at radius 3 is 2.35 bits per heavy atom. The third-order valence-corrected chi connectivity index (χ3v) is 3.71. The highest BCUT2D eigenvalue weighted by atomic mass is 16.5. The van der Waals surface area contributed by atoms with E-state index in [1.165, 1.54) is 0 Å². The Labute approximate surface area is 151 Å². The summed E-state index contributed by atoms with van der Waals surface area (Å²) in [6.07, 6.45) is 4.31. The number of ether oxygens (including phenoxy) is 1. The molecule has 1 aromatic heterocycles. The van der Waals surface area contributed by atoms with Gasteiger partial charge in [-0.25, -0.2) is 9.48 Å². The van der Waals surface area contributed by atoms with Crippen molar-refractivity contribution in [1.29, 1.82) is 0 Å². The molecule has 6 nitrogen and oxygen atoms in total. The number of anilines is 1. The number of hydrogen-bond donors (Lipinski definition) is 1. The van der Waals surface area contributed by atoms with E-state index in [4.69, 9.17) is 4.74 Å². The third kappa shape index (κ3) is 4.16. The lowest BCUT2D eigenvalue weighted by atomic mass is 10.1. The zero-order valence-corrected chi connectivity index (χ0v) is 14.4. The van der Waals surface area contributed by atoms with E-state index in [0.717, 1.165) is 12.1 Å². The number of rotatable bonds is 6. The van der Waals surface area contributed by atoms with Crippen molar-refractivity contribution in [2.75, 3.05) is 11.9 Å². The van der Waals surface area contributed by atoms with Crippen LogP contribution >= 0.6 is 0 Å². The van der Waals surface area contributed by atoms with Gasteiger partial charge in [0.05, 0.1) is 17.9 Å². The number of carbonyl (C=O) groups is 2. The molecule has 26 heavy (non-hydrogen) atoms. The summed E-state index contributed by atoms with van der Waals surface area (Å²) in [7, 11) is 0. The molecular weight excluding hydrogens is 330 g/mol. The van der Waals surface area contributed by atoms with Crippen LogP contribution in [-0.4, -0.2) is 28.3 Å². The lowest BCUT2D eigenvalue weighted by Crippen LogP contribution is -2.12. The molecule has 0 spiro atoms. The van der Waals surface area contributed by atoms with Gasteiger partial charge in [0.15, 0.2) is 0 Å². The van der Waals surface area contributed by atoms with Crippen molar-refractivity contribution >= 4 is 17.6 Å². The maximum Gasteiger partial charge on any atom is 0.338 e. The highest BCUT2D eigenvalue weighted by Gasteiger charge is 2.09. The van der Waals surface area contributed by atoms with Crippen molar-refractivity contribution in [3.63, 3.8) is 0 Å². The minimum absolute atomic E-state index is 0.224. The largest absolute Gasteiger partial charge is 0.462 e. The summed E-state index contributed by atoms with van der Waals surface area (Å²) >= 11 is 0. The van der Waals surface area contributed by atoms with Gasteiger partial charge in [0.25, 0.3) is 5.91 Å². The summed E-state index contributed by atoms with van der Waals surface area (Å²) in [6.45, 7) is 2.33. The molecule has 0 unspecified atom stereocenters. The average Bonchev–Trinajstić information content (AvgIpc) is 3.21. The Bertz CT molecular complexity index is 870. The van der Waals surface area contributed by atoms with E-state index in [0.29, 0.717) is 23.4 Å². The number of esters is 1. The number of amides is 1. The molecule has 0 bridgehead atoms. The number of nitrogens with one attached hydrogen (secondary N) is 1. The van der Waals surface area contributed by atoms with Gasteiger partial charge in [-0.15, -0.1) is 0 Å². The highest BCUT2D eigenvalue weighted by Crippen LogP contribution is 2.14. The molecule has 0 saturated carbocycles. The molecule has 132 valence electrons. The SMILES string of the molecule is CCCOC(=O)c1ccc(NC(=O)c2ccc(-n3cccn3)cc2)cc1. The Balaban J connectivity index is 1.63. The van der Waals surface area contributed by atoms with Crippen LogP contribution in [0.1, 0.15) is 34.1 Å². The lowest BCUT2D eigenvalue weighted by Gasteiger charge is -2.08. The Morgan fingerprint density at radius 1 is 1.04 bits per heavy atom. The maximum atomic E-state index is 12.3. The van der Waals surface area contributed by atoms with E-state index in [2.05, 4.69) is 10.4 Å². The quantitative estimate of drug-likeness (QED) is 0.689. The second kappa shape index (κ2) is 8.11. The molecule has 3 rings (SSSR count). The fourth-order valence-electron chi connectivity index (χ4n) is 2.36. The number of benzene rings is 2. The second-order valence-corrected chi connectivity index (χ2v) is 5.66. The van der Waals surface area contributed by atoms with Gasteiger partial charge in [-0.05, 0) is 61.0 Å². The van der Waals surface area contributed by atoms with E-state index in [1.54, 1.807) is 47.3 Å². The van der Waals surface area contributed by atoms with E-state index in [9.17, 15) is 9.59 Å². The van der Waals surface area contributed by atoms with Gasteiger partial charge in [-0.3, -0.25) is 4.79 Å². The standard InChI is InChI=1S/C20H19N3O3/c1-2-14-26-20(25)16-4-8-17(9-5-16)22-19(24)15-6-10-18(11-7-15)23-13-3-12-21-23/h3-13H,2,14H2,1H3,(H,22,24). The van der Waals surface area contributed by atoms with Gasteiger partial charge in [0, 0.05) is 23.6 Å². The van der Waals surface area contributed by atoms with Gasteiger partial charge in [0.2, 0.25) is 0 Å². The minimum atomic E-state index is -0.362. The first-order valence-corrected chi connectivity index (χ1v) is 8.36. The van der Waals surface area contributed by atoms with Crippen LogP contribution in [-0.2, 0) is 4.74 Å².